The maximum atomic E-state index is 10.5. The molecule has 2 rings (SSSR count). The van der Waals surface area contributed by atoms with Gasteiger partial charge in [0.1, 0.15) is 0 Å². The molecule has 0 saturated heterocycles. The third-order valence-electron chi connectivity index (χ3n) is 3.73. The fourth-order valence-electron chi connectivity index (χ4n) is 3.11. The van der Waals surface area contributed by atoms with Crippen molar-refractivity contribution in [3.8, 4) is 0 Å². The highest BCUT2D eigenvalue weighted by molar-refractivity contribution is 9.10. The van der Waals surface area contributed by atoms with Crippen LogP contribution in [0.4, 0.5) is 0 Å². The summed E-state index contributed by atoms with van der Waals surface area (Å²) in [6.45, 7) is 4.56. The van der Waals surface area contributed by atoms with E-state index in [9.17, 15) is 5.11 Å². The first-order valence-electron chi connectivity index (χ1n) is 6.36. The van der Waals surface area contributed by atoms with Gasteiger partial charge in [0.15, 0.2) is 0 Å². The Labute approximate surface area is 112 Å². The first-order valence-corrected chi connectivity index (χ1v) is 7.15. The van der Waals surface area contributed by atoms with Crippen LogP contribution in [0.25, 0.3) is 0 Å². The predicted octanol–water partition coefficient (Wildman–Crippen LogP) is 3.95. The molecule has 0 spiro atoms. The Morgan fingerprint density at radius 1 is 1.29 bits per heavy atom. The van der Waals surface area contributed by atoms with Gasteiger partial charge >= 0.3 is 0 Å². The number of hydrogen-bond donors (Lipinski definition) is 1. The number of aromatic nitrogens is 1. The standard InChI is InChI=1S/C14H20BrNO/c1-9-6-10(2)8-11(7-9)14(17)13-12(15)4-3-5-16-13/h3-5,9-11,14,17H,6-8H2,1-2H3. The Hall–Kier alpha value is -0.410. The van der Waals surface area contributed by atoms with Gasteiger partial charge in [-0.1, -0.05) is 13.8 Å². The van der Waals surface area contributed by atoms with E-state index in [0.717, 1.165) is 23.0 Å². The normalized spacial score (nSPS) is 31.2. The molecule has 1 aromatic heterocycles. The maximum Gasteiger partial charge on any atom is 0.0999 e. The fraction of sp³-hybridized carbons (Fsp3) is 0.643. The monoisotopic (exact) mass is 297 g/mol. The van der Waals surface area contributed by atoms with Crippen LogP contribution in [-0.2, 0) is 0 Å². The molecule has 0 aliphatic heterocycles. The lowest BCUT2D eigenvalue weighted by atomic mass is 9.74. The summed E-state index contributed by atoms with van der Waals surface area (Å²) in [5.41, 5.74) is 0.791. The number of pyridine rings is 1. The third-order valence-corrected chi connectivity index (χ3v) is 4.40. The quantitative estimate of drug-likeness (QED) is 0.897. The molecule has 3 unspecified atom stereocenters. The molecule has 1 aromatic rings. The molecule has 94 valence electrons. The minimum atomic E-state index is -0.434. The first kappa shape index (κ1) is 13.0. The van der Waals surface area contributed by atoms with E-state index in [0.29, 0.717) is 17.8 Å². The topological polar surface area (TPSA) is 33.1 Å². The van der Waals surface area contributed by atoms with Crippen LogP contribution in [0.3, 0.4) is 0 Å². The SMILES string of the molecule is CC1CC(C)CC(C(O)c2ncccc2Br)C1. The van der Waals surface area contributed by atoms with Crippen LogP contribution >= 0.6 is 15.9 Å². The number of rotatable bonds is 2. The van der Waals surface area contributed by atoms with Crippen molar-refractivity contribution in [3.05, 3.63) is 28.5 Å². The van der Waals surface area contributed by atoms with Gasteiger partial charge in [-0.15, -0.1) is 0 Å². The molecule has 1 fully saturated rings. The zero-order chi connectivity index (χ0) is 12.4. The van der Waals surface area contributed by atoms with Gasteiger partial charge in [-0.2, -0.15) is 0 Å². The van der Waals surface area contributed by atoms with E-state index in [1.807, 2.05) is 12.1 Å². The van der Waals surface area contributed by atoms with Crippen LogP contribution in [0.15, 0.2) is 22.8 Å². The largest absolute Gasteiger partial charge is 0.386 e. The van der Waals surface area contributed by atoms with Gasteiger partial charge in [-0.05, 0) is 65.1 Å². The molecule has 3 heteroatoms. The van der Waals surface area contributed by atoms with Crippen molar-refractivity contribution in [2.24, 2.45) is 17.8 Å². The Morgan fingerprint density at radius 3 is 2.53 bits per heavy atom. The van der Waals surface area contributed by atoms with Crippen molar-refractivity contribution in [1.29, 1.82) is 0 Å². The van der Waals surface area contributed by atoms with Crippen LogP contribution in [0, 0.1) is 17.8 Å². The molecule has 1 aliphatic rings. The van der Waals surface area contributed by atoms with Gasteiger partial charge in [0, 0.05) is 10.7 Å². The smallest absolute Gasteiger partial charge is 0.0999 e. The summed E-state index contributed by atoms with van der Waals surface area (Å²) < 4.78 is 0.915. The van der Waals surface area contributed by atoms with Crippen molar-refractivity contribution in [2.45, 2.75) is 39.2 Å². The van der Waals surface area contributed by atoms with Gasteiger partial charge in [0.2, 0.25) is 0 Å². The lowest BCUT2D eigenvalue weighted by molar-refractivity contribution is 0.0516. The summed E-state index contributed by atoms with van der Waals surface area (Å²) in [6.07, 6.45) is 4.81. The molecule has 2 nitrogen and oxygen atoms in total. The Morgan fingerprint density at radius 2 is 1.94 bits per heavy atom. The van der Waals surface area contributed by atoms with Gasteiger partial charge in [0.25, 0.3) is 0 Å². The molecule has 17 heavy (non-hydrogen) atoms. The van der Waals surface area contributed by atoms with E-state index in [1.165, 1.54) is 6.42 Å². The molecule has 0 amide bonds. The maximum absolute atomic E-state index is 10.5. The first-order chi connectivity index (χ1) is 8.08. The highest BCUT2D eigenvalue weighted by atomic mass is 79.9. The minimum Gasteiger partial charge on any atom is -0.386 e. The Balaban J connectivity index is 2.14. The van der Waals surface area contributed by atoms with E-state index in [1.54, 1.807) is 6.20 Å². The van der Waals surface area contributed by atoms with E-state index in [-0.39, 0.29) is 0 Å². The van der Waals surface area contributed by atoms with E-state index < -0.39 is 6.10 Å². The predicted molar refractivity (Wildman–Crippen MR) is 72.6 cm³/mol. The molecular weight excluding hydrogens is 278 g/mol. The van der Waals surface area contributed by atoms with Crippen LogP contribution in [0.2, 0.25) is 0 Å². The third kappa shape index (κ3) is 3.08. The van der Waals surface area contributed by atoms with Crippen LogP contribution < -0.4 is 0 Å². The number of hydrogen-bond acceptors (Lipinski definition) is 2. The lowest BCUT2D eigenvalue weighted by Gasteiger charge is -2.34. The molecule has 1 saturated carbocycles. The van der Waals surface area contributed by atoms with Crippen molar-refractivity contribution in [1.82, 2.24) is 4.98 Å². The zero-order valence-corrected chi connectivity index (χ0v) is 12.0. The van der Waals surface area contributed by atoms with Gasteiger partial charge in [0.05, 0.1) is 11.8 Å². The zero-order valence-electron chi connectivity index (χ0n) is 10.4. The molecule has 1 heterocycles. The number of aliphatic hydroxyl groups is 1. The minimum absolute atomic E-state index is 0.347. The number of aliphatic hydroxyl groups excluding tert-OH is 1. The Kier molecular flexibility index (Phi) is 4.21. The average Bonchev–Trinajstić information content (AvgIpc) is 2.27. The molecule has 3 atom stereocenters. The van der Waals surface area contributed by atoms with Crippen molar-refractivity contribution in [3.63, 3.8) is 0 Å². The second-order valence-electron chi connectivity index (χ2n) is 5.49. The number of halogens is 1. The molecule has 0 aromatic carbocycles. The summed E-state index contributed by atoms with van der Waals surface area (Å²) in [4.78, 5) is 4.31. The van der Waals surface area contributed by atoms with Crippen molar-refractivity contribution < 1.29 is 5.11 Å². The highest BCUT2D eigenvalue weighted by Crippen LogP contribution is 2.40. The summed E-state index contributed by atoms with van der Waals surface area (Å²) in [6, 6.07) is 3.83. The van der Waals surface area contributed by atoms with Crippen LogP contribution in [0.5, 0.6) is 0 Å². The van der Waals surface area contributed by atoms with Crippen LogP contribution in [-0.4, -0.2) is 10.1 Å². The van der Waals surface area contributed by atoms with Crippen molar-refractivity contribution >= 4 is 15.9 Å². The summed E-state index contributed by atoms with van der Waals surface area (Å²) in [7, 11) is 0. The summed E-state index contributed by atoms with van der Waals surface area (Å²) >= 11 is 3.47. The second kappa shape index (κ2) is 5.49. The summed E-state index contributed by atoms with van der Waals surface area (Å²) in [5.74, 6) is 1.77. The molecule has 0 radical (unpaired) electrons. The van der Waals surface area contributed by atoms with E-state index in [2.05, 4.69) is 34.8 Å². The van der Waals surface area contributed by atoms with E-state index in [4.69, 9.17) is 0 Å². The lowest BCUT2D eigenvalue weighted by Crippen LogP contribution is -2.25. The fourth-order valence-corrected chi connectivity index (χ4v) is 3.60. The van der Waals surface area contributed by atoms with E-state index >= 15 is 0 Å². The van der Waals surface area contributed by atoms with Crippen molar-refractivity contribution in [2.75, 3.05) is 0 Å². The van der Waals surface area contributed by atoms with Gasteiger partial charge in [-0.3, -0.25) is 4.98 Å². The summed E-state index contributed by atoms with van der Waals surface area (Å²) in [5, 5.41) is 10.5. The van der Waals surface area contributed by atoms with Crippen LogP contribution in [0.1, 0.15) is 44.9 Å². The number of nitrogens with zero attached hydrogens (tertiary/aromatic N) is 1. The Bertz CT molecular complexity index is 372. The highest BCUT2D eigenvalue weighted by Gasteiger charge is 2.31. The molecular formula is C14H20BrNO. The molecule has 1 N–H and O–H groups in total. The molecule has 1 aliphatic carbocycles. The second-order valence-corrected chi connectivity index (χ2v) is 6.35. The van der Waals surface area contributed by atoms with Gasteiger partial charge in [-0.25, -0.2) is 0 Å². The van der Waals surface area contributed by atoms with Gasteiger partial charge < -0.3 is 5.11 Å². The average molecular weight is 298 g/mol. The molecule has 0 bridgehead atoms.